The second kappa shape index (κ2) is 6.04. The van der Waals surface area contributed by atoms with Crippen LogP contribution in [-0.4, -0.2) is 16.2 Å². The van der Waals surface area contributed by atoms with Gasteiger partial charge >= 0.3 is 0 Å². The molecule has 0 unspecified atom stereocenters. The summed E-state index contributed by atoms with van der Waals surface area (Å²) in [5, 5.41) is 12.6. The summed E-state index contributed by atoms with van der Waals surface area (Å²) in [5.41, 5.74) is 3.86. The number of aromatic nitrogens is 2. The highest BCUT2D eigenvalue weighted by Crippen LogP contribution is 2.20. The molecule has 2 rings (SSSR count). The molecule has 0 atom stereocenters. The summed E-state index contributed by atoms with van der Waals surface area (Å²) in [4.78, 5) is 8.48. The molecule has 4 N–H and O–H groups in total. The average Bonchev–Trinajstić information content (AvgIpc) is 2.47. The van der Waals surface area contributed by atoms with E-state index in [1.165, 1.54) is 11.8 Å². The van der Waals surface area contributed by atoms with Gasteiger partial charge in [0.2, 0.25) is 0 Å². The van der Waals surface area contributed by atoms with E-state index in [1.54, 1.807) is 24.3 Å². The maximum absolute atomic E-state index is 8.86. The average molecular weight is 272 g/mol. The van der Waals surface area contributed by atoms with Gasteiger partial charge in [0, 0.05) is 11.8 Å². The molecule has 0 saturated heterocycles. The number of nitrogens with zero attached hydrogens (tertiary/aromatic N) is 3. The highest BCUT2D eigenvalue weighted by Gasteiger charge is 2.04. The highest BCUT2D eigenvalue weighted by atomic mass is 32.2. The number of nitrogens with one attached hydrogen (secondary N) is 2. The van der Waals surface area contributed by atoms with Crippen LogP contribution in [0.1, 0.15) is 5.56 Å². The Kier molecular flexibility index (Phi) is 4.18. The number of nitrogens with two attached hydrogens (primary N) is 1. The van der Waals surface area contributed by atoms with Gasteiger partial charge < -0.3 is 10.7 Å². The van der Waals surface area contributed by atoms with E-state index in [4.69, 9.17) is 11.1 Å². The summed E-state index contributed by atoms with van der Waals surface area (Å²) in [6.07, 6.45) is 1.88. The lowest BCUT2D eigenvalue weighted by molar-refractivity contribution is 0.971. The third-order valence-corrected chi connectivity index (χ3v) is 2.85. The van der Waals surface area contributed by atoms with E-state index in [0.717, 1.165) is 5.69 Å². The highest BCUT2D eigenvalue weighted by molar-refractivity contribution is 7.98. The maximum Gasteiger partial charge on any atom is 0.191 e. The molecule has 6 nitrogen and oxygen atoms in total. The zero-order chi connectivity index (χ0) is 13.7. The molecule has 1 heterocycles. The Labute approximate surface area is 115 Å². The van der Waals surface area contributed by atoms with E-state index in [-0.39, 0.29) is 0 Å². The number of nitrogen functional groups attached to an aromatic ring is 1. The van der Waals surface area contributed by atoms with Crippen LogP contribution in [0, 0.1) is 11.3 Å². The molecule has 0 aliphatic carbocycles. The van der Waals surface area contributed by atoms with Crippen LogP contribution < -0.4 is 16.6 Å². The summed E-state index contributed by atoms with van der Waals surface area (Å²) < 4.78 is 0. The van der Waals surface area contributed by atoms with Crippen molar-refractivity contribution in [1.82, 2.24) is 9.97 Å². The third kappa shape index (κ3) is 3.34. The molecule has 7 heteroatoms. The van der Waals surface area contributed by atoms with Crippen molar-refractivity contribution in [2.75, 3.05) is 17.0 Å². The van der Waals surface area contributed by atoms with E-state index in [9.17, 15) is 0 Å². The molecule has 0 saturated carbocycles. The molecule has 1 aromatic carbocycles. The second-order valence-electron chi connectivity index (χ2n) is 3.59. The number of hydrazine groups is 1. The molecule has 0 fully saturated rings. The predicted molar refractivity (Wildman–Crippen MR) is 76.1 cm³/mol. The first-order chi connectivity index (χ1) is 9.25. The van der Waals surface area contributed by atoms with E-state index >= 15 is 0 Å². The van der Waals surface area contributed by atoms with Crippen molar-refractivity contribution < 1.29 is 0 Å². The van der Waals surface area contributed by atoms with E-state index < -0.39 is 0 Å². The number of nitriles is 1. The lowest BCUT2D eigenvalue weighted by Crippen LogP contribution is -2.10. The van der Waals surface area contributed by atoms with Crippen LogP contribution in [0.4, 0.5) is 17.3 Å². The number of thioether (sulfide) groups is 1. The van der Waals surface area contributed by atoms with Crippen LogP contribution in [0.3, 0.4) is 0 Å². The molecule has 0 bridgehead atoms. The lowest BCUT2D eigenvalue weighted by atomic mass is 10.2. The van der Waals surface area contributed by atoms with Gasteiger partial charge in [0.1, 0.15) is 11.6 Å². The lowest BCUT2D eigenvalue weighted by Gasteiger charge is -2.08. The zero-order valence-corrected chi connectivity index (χ0v) is 11.0. The first kappa shape index (κ1) is 13.1. The third-order valence-electron chi connectivity index (χ3n) is 2.30. The molecule has 0 spiro atoms. The van der Waals surface area contributed by atoms with Crippen LogP contribution in [0.15, 0.2) is 35.5 Å². The Hall–Kier alpha value is -2.30. The van der Waals surface area contributed by atoms with Crippen LogP contribution in [-0.2, 0) is 0 Å². The molecule has 0 amide bonds. The number of benzene rings is 1. The number of anilines is 3. The van der Waals surface area contributed by atoms with Crippen molar-refractivity contribution in [3.05, 3.63) is 35.9 Å². The fourth-order valence-electron chi connectivity index (χ4n) is 1.47. The summed E-state index contributed by atoms with van der Waals surface area (Å²) in [5.74, 6) is 6.50. The number of hydrogen-bond donors (Lipinski definition) is 3. The second-order valence-corrected chi connectivity index (χ2v) is 4.36. The monoisotopic (exact) mass is 272 g/mol. The minimum atomic E-state index is 0.526. The molecule has 0 aliphatic rings. The van der Waals surface area contributed by atoms with Crippen molar-refractivity contribution in [2.45, 2.75) is 5.16 Å². The van der Waals surface area contributed by atoms with Gasteiger partial charge in [0.15, 0.2) is 5.16 Å². The Morgan fingerprint density at radius 1 is 1.26 bits per heavy atom. The van der Waals surface area contributed by atoms with E-state index in [0.29, 0.717) is 22.4 Å². The summed E-state index contributed by atoms with van der Waals surface area (Å²) in [7, 11) is 0. The molecular formula is C12H12N6S. The Balaban J connectivity index is 2.29. The Morgan fingerprint density at radius 3 is 2.74 bits per heavy atom. The van der Waals surface area contributed by atoms with Gasteiger partial charge in [0.25, 0.3) is 0 Å². The molecule has 1 aromatic heterocycles. The smallest absolute Gasteiger partial charge is 0.191 e. The van der Waals surface area contributed by atoms with Crippen LogP contribution >= 0.6 is 11.8 Å². The largest absolute Gasteiger partial charge is 0.340 e. The number of hydrogen-bond acceptors (Lipinski definition) is 7. The van der Waals surface area contributed by atoms with Gasteiger partial charge in [-0.25, -0.2) is 15.8 Å². The van der Waals surface area contributed by atoms with Crippen molar-refractivity contribution in [3.8, 4) is 6.07 Å². The Bertz CT molecular complexity index is 600. The fourth-order valence-corrected chi connectivity index (χ4v) is 1.85. The maximum atomic E-state index is 8.86. The fraction of sp³-hybridized carbons (Fsp3) is 0.0833. The molecule has 2 aromatic rings. The van der Waals surface area contributed by atoms with Crippen LogP contribution in [0.5, 0.6) is 0 Å². The van der Waals surface area contributed by atoms with Crippen LogP contribution in [0.25, 0.3) is 0 Å². The van der Waals surface area contributed by atoms with Gasteiger partial charge in [-0.15, -0.1) is 0 Å². The molecular weight excluding hydrogens is 260 g/mol. The number of rotatable bonds is 4. The standard InChI is InChI=1S/C12H12N6S/c1-19-12-16-10(6-11(17-12)18-14)15-9-4-2-3-8(5-9)7-13/h2-6H,14H2,1H3,(H2,15,16,17,18). The molecule has 0 aliphatic heterocycles. The van der Waals surface area contributed by atoms with Crippen molar-refractivity contribution in [1.29, 1.82) is 5.26 Å². The SMILES string of the molecule is CSc1nc(NN)cc(Nc2cccc(C#N)c2)n1. The first-order valence-corrected chi connectivity index (χ1v) is 6.64. The normalized spacial score (nSPS) is 9.74. The van der Waals surface area contributed by atoms with Gasteiger partial charge in [-0.05, 0) is 24.5 Å². The van der Waals surface area contributed by atoms with Crippen molar-refractivity contribution in [2.24, 2.45) is 5.84 Å². The quantitative estimate of drug-likeness (QED) is 0.339. The molecule has 96 valence electrons. The summed E-state index contributed by atoms with van der Waals surface area (Å²) in [6, 6.07) is 10.9. The Morgan fingerprint density at radius 2 is 2.05 bits per heavy atom. The summed E-state index contributed by atoms with van der Waals surface area (Å²) >= 11 is 1.42. The molecule has 19 heavy (non-hydrogen) atoms. The first-order valence-electron chi connectivity index (χ1n) is 5.42. The molecule has 0 radical (unpaired) electrons. The van der Waals surface area contributed by atoms with Gasteiger partial charge in [0.05, 0.1) is 11.6 Å². The van der Waals surface area contributed by atoms with Gasteiger partial charge in [-0.2, -0.15) is 5.26 Å². The van der Waals surface area contributed by atoms with E-state index in [2.05, 4.69) is 26.8 Å². The van der Waals surface area contributed by atoms with E-state index in [1.807, 2.05) is 12.3 Å². The zero-order valence-electron chi connectivity index (χ0n) is 10.2. The summed E-state index contributed by atoms with van der Waals surface area (Å²) in [6.45, 7) is 0. The minimum Gasteiger partial charge on any atom is -0.340 e. The van der Waals surface area contributed by atoms with Crippen LogP contribution in [0.2, 0.25) is 0 Å². The van der Waals surface area contributed by atoms with Crippen molar-refractivity contribution >= 4 is 29.1 Å². The minimum absolute atomic E-state index is 0.526. The van der Waals surface area contributed by atoms with Gasteiger partial charge in [-0.1, -0.05) is 17.8 Å². The van der Waals surface area contributed by atoms with Crippen molar-refractivity contribution in [3.63, 3.8) is 0 Å². The topological polar surface area (TPSA) is 99.6 Å². The van der Waals surface area contributed by atoms with Gasteiger partial charge in [-0.3, -0.25) is 0 Å². The predicted octanol–water partition coefficient (Wildman–Crippen LogP) is 2.10.